The first-order valence-electron chi connectivity index (χ1n) is 9.80. The summed E-state index contributed by atoms with van der Waals surface area (Å²) in [6, 6.07) is 10.1. The molecule has 2 aromatic rings. The van der Waals surface area contributed by atoms with E-state index < -0.39 is 17.8 Å². The lowest BCUT2D eigenvalue weighted by molar-refractivity contribution is -0.131. The zero-order valence-electron chi connectivity index (χ0n) is 16.1. The number of hydrogen-bond donors (Lipinski definition) is 1. The van der Waals surface area contributed by atoms with Crippen LogP contribution in [0.3, 0.4) is 0 Å². The predicted octanol–water partition coefficient (Wildman–Crippen LogP) is 3.75. The van der Waals surface area contributed by atoms with Gasteiger partial charge >= 0.3 is 6.03 Å². The monoisotopic (exact) mass is 394 g/mol. The van der Waals surface area contributed by atoms with Gasteiger partial charge in [0.1, 0.15) is 22.8 Å². The smallest absolute Gasteiger partial charge is 0.331 e. The van der Waals surface area contributed by atoms with E-state index in [-0.39, 0.29) is 11.6 Å². The van der Waals surface area contributed by atoms with E-state index in [1.54, 1.807) is 12.1 Å². The third-order valence-corrected chi connectivity index (χ3v) is 5.19. The number of benzene rings is 1. The van der Waals surface area contributed by atoms with Gasteiger partial charge in [0, 0.05) is 11.6 Å². The fraction of sp³-hybridized carbons (Fsp3) is 0.318. The molecule has 0 bridgehead atoms. The molecule has 150 valence electrons. The van der Waals surface area contributed by atoms with E-state index in [1.807, 2.05) is 31.2 Å². The molecule has 2 fully saturated rings. The number of imide groups is 2. The largest absolute Gasteiger partial charge is 0.494 e. The van der Waals surface area contributed by atoms with Gasteiger partial charge in [-0.2, -0.15) is 0 Å². The van der Waals surface area contributed by atoms with E-state index in [2.05, 4.69) is 5.32 Å². The highest BCUT2D eigenvalue weighted by Crippen LogP contribution is 2.29. The Kier molecular flexibility index (Phi) is 5.20. The molecule has 4 amide bonds. The highest BCUT2D eigenvalue weighted by Gasteiger charge is 2.40. The van der Waals surface area contributed by atoms with Crippen molar-refractivity contribution in [3.63, 3.8) is 0 Å². The van der Waals surface area contributed by atoms with Gasteiger partial charge in [0.15, 0.2) is 0 Å². The summed E-state index contributed by atoms with van der Waals surface area (Å²) in [6.45, 7) is 2.51. The number of ether oxygens (including phenoxy) is 1. The summed E-state index contributed by atoms with van der Waals surface area (Å²) in [5.74, 6) is 0.476. The van der Waals surface area contributed by atoms with Crippen LogP contribution in [0.15, 0.2) is 46.4 Å². The van der Waals surface area contributed by atoms with Crippen LogP contribution >= 0.6 is 0 Å². The minimum absolute atomic E-state index is 0.0934. The van der Waals surface area contributed by atoms with Crippen molar-refractivity contribution in [1.29, 1.82) is 0 Å². The van der Waals surface area contributed by atoms with E-state index in [9.17, 15) is 14.4 Å². The number of nitrogens with one attached hydrogen (secondary N) is 1. The van der Waals surface area contributed by atoms with Gasteiger partial charge in [0.2, 0.25) is 0 Å². The predicted molar refractivity (Wildman–Crippen MR) is 106 cm³/mol. The van der Waals surface area contributed by atoms with E-state index in [1.165, 1.54) is 11.0 Å². The molecule has 2 heterocycles. The van der Waals surface area contributed by atoms with E-state index in [0.717, 1.165) is 37.0 Å². The number of barbiturate groups is 1. The van der Waals surface area contributed by atoms with Crippen molar-refractivity contribution < 1.29 is 23.5 Å². The van der Waals surface area contributed by atoms with Gasteiger partial charge < -0.3 is 9.15 Å². The highest BCUT2D eigenvalue weighted by atomic mass is 16.5. The van der Waals surface area contributed by atoms with Gasteiger partial charge in [-0.1, -0.05) is 12.8 Å². The maximum absolute atomic E-state index is 12.8. The summed E-state index contributed by atoms with van der Waals surface area (Å²) in [4.78, 5) is 38.4. The summed E-state index contributed by atoms with van der Waals surface area (Å²) in [7, 11) is 0. The second-order valence-corrected chi connectivity index (χ2v) is 7.09. The molecule has 0 spiro atoms. The lowest BCUT2D eigenvalue weighted by Gasteiger charge is -2.30. The number of urea groups is 1. The fourth-order valence-corrected chi connectivity index (χ4v) is 3.78. The average Bonchev–Trinajstić information content (AvgIpc) is 3.38. The number of carbonyl (C=O) groups excluding carboxylic acids is 3. The molecule has 4 rings (SSSR count). The minimum atomic E-state index is -0.701. The number of amides is 4. The molecule has 1 saturated carbocycles. The number of rotatable bonds is 5. The molecular weight excluding hydrogens is 372 g/mol. The van der Waals surface area contributed by atoms with Crippen molar-refractivity contribution in [2.75, 3.05) is 6.61 Å². The zero-order chi connectivity index (χ0) is 20.4. The van der Waals surface area contributed by atoms with Crippen molar-refractivity contribution in [2.45, 2.75) is 38.6 Å². The van der Waals surface area contributed by atoms with Crippen LogP contribution in [0.25, 0.3) is 17.4 Å². The van der Waals surface area contributed by atoms with Crippen LogP contribution in [0.2, 0.25) is 0 Å². The van der Waals surface area contributed by atoms with E-state index in [0.29, 0.717) is 18.1 Å². The lowest BCUT2D eigenvalue weighted by atomic mass is 10.1. The molecule has 0 radical (unpaired) electrons. The van der Waals surface area contributed by atoms with Gasteiger partial charge in [-0.05, 0) is 62.2 Å². The molecule has 29 heavy (non-hydrogen) atoms. The van der Waals surface area contributed by atoms with Gasteiger partial charge in [0.25, 0.3) is 11.8 Å². The molecule has 1 N–H and O–H groups in total. The Bertz CT molecular complexity index is 967. The van der Waals surface area contributed by atoms with Crippen molar-refractivity contribution in [1.82, 2.24) is 10.2 Å². The van der Waals surface area contributed by atoms with Gasteiger partial charge in [0.05, 0.1) is 6.61 Å². The molecule has 1 saturated heterocycles. The second-order valence-electron chi connectivity index (χ2n) is 7.09. The van der Waals surface area contributed by atoms with Crippen LogP contribution in [-0.2, 0) is 9.59 Å². The Labute approximate surface area is 168 Å². The number of hydrogen-bond acceptors (Lipinski definition) is 5. The Balaban J connectivity index is 1.57. The molecule has 1 aromatic heterocycles. The first-order valence-corrected chi connectivity index (χ1v) is 9.80. The third-order valence-electron chi connectivity index (χ3n) is 5.19. The van der Waals surface area contributed by atoms with Crippen LogP contribution in [0, 0.1) is 0 Å². The van der Waals surface area contributed by atoms with E-state index >= 15 is 0 Å². The maximum Gasteiger partial charge on any atom is 0.331 e. The highest BCUT2D eigenvalue weighted by molar-refractivity contribution is 6.31. The molecule has 1 aliphatic carbocycles. The Hall–Kier alpha value is -3.35. The standard InChI is InChI=1S/C22H22N2O5/c1-2-28-16-9-7-14(8-10-16)19-12-11-17(29-19)13-18-20(25)23-22(27)24(21(18)26)15-5-3-4-6-15/h7-13,15H,2-6H2,1H3,(H,23,25,27)/b18-13+. The van der Waals surface area contributed by atoms with Crippen molar-refractivity contribution in [2.24, 2.45) is 0 Å². The van der Waals surface area contributed by atoms with Crippen molar-refractivity contribution >= 4 is 23.9 Å². The summed E-state index contributed by atoms with van der Waals surface area (Å²) < 4.78 is 11.2. The van der Waals surface area contributed by atoms with Gasteiger partial charge in [-0.15, -0.1) is 0 Å². The fourth-order valence-electron chi connectivity index (χ4n) is 3.78. The molecular formula is C22H22N2O5. The number of carbonyl (C=O) groups is 3. The van der Waals surface area contributed by atoms with Crippen molar-refractivity contribution in [3.8, 4) is 17.1 Å². The topological polar surface area (TPSA) is 88.9 Å². The molecule has 2 aliphatic rings. The molecule has 0 unspecified atom stereocenters. The normalized spacial score (nSPS) is 19.1. The van der Waals surface area contributed by atoms with E-state index in [4.69, 9.17) is 9.15 Å². The number of nitrogens with zero attached hydrogens (tertiary/aromatic N) is 1. The van der Waals surface area contributed by atoms with Crippen LogP contribution in [0.4, 0.5) is 4.79 Å². The average molecular weight is 394 g/mol. The van der Waals surface area contributed by atoms with Crippen LogP contribution in [0.5, 0.6) is 5.75 Å². The van der Waals surface area contributed by atoms with Gasteiger partial charge in [-0.25, -0.2) is 4.79 Å². The van der Waals surface area contributed by atoms with Crippen LogP contribution in [0.1, 0.15) is 38.4 Å². The summed E-state index contributed by atoms with van der Waals surface area (Å²) in [5, 5.41) is 2.27. The summed E-state index contributed by atoms with van der Waals surface area (Å²) >= 11 is 0. The Morgan fingerprint density at radius 2 is 1.83 bits per heavy atom. The molecule has 7 heteroatoms. The van der Waals surface area contributed by atoms with Gasteiger partial charge in [-0.3, -0.25) is 19.8 Å². The second kappa shape index (κ2) is 7.95. The summed E-state index contributed by atoms with van der Waals surface area (Å²) in [5.41, 5.74) is 0.754. The molecule has 1 aliphatic heterocycles. The summed E-state index contributed by atoms with van der Waals surface area (Å²) in [6.07, 6.45) is 4.87. The zero-order valence-corrected chi connectivity index (χ0v) is 16.1. The minimum Gasteiger partial charge on any atom is -0.494 e. The SMILES string of the molecule is CCOc1ccc(-c2ccc(/C=C3\C(=O)NC(=O)N(C4CCCC4)C3=O)o2)cc1. The van der Waals surface area contributed by atoms with Crippen LogP contribution < -0.4 is 10.1 Å². The lowest BCUT2D eigenvalue weighted by Crippen LogP contribution is -2.57. The maximum atomic E-state index is 12.8. The first kappa shape index (κ1) is 19.0. The van der Waals surface area contributed by atoms with Crippen molar-refractivity contribution in [3.05, 3.63) is 47.7 Å². The Morgan fingerprint density at radius 3 is 2.52 bits per heavy atom. The quantitative estimate of drug-likeness (QED) is 0.616. The Morgan fingerprint density at radius 1 is 1.10 bits per heavy atom. The molecule has 0 atom stereocenters. The first-order chi connectivity index (χ1) is 14.1. The molecule has 1 aromatic carbocycles. The number of furan rings is 1. The molecule has 7 nitrogen and oxygen atoms in total. The van der Waals surface area contributed by atoms with Crippen LogP contribution in [-0.4, -0.2) is 35.4 Å². The third kappa shape index (κ3) is 3.81.